The van der Waals surface area contributed by atoms with Crippen LogP contribution in [0.15, 0.2) is 0 Å². The van der Waals surface area contributed by atoms with E-state index in [9.17, 15) is 24.2 Å². The summed E-state index contributed by atoms with van der Waals surface area (Å²) in [6.07, 6.45) is 0.239. The monoisotopic (exact) mass is 362 g/mol. The van der Waals surface area contributed by atoms with Crippen LogP contribution in [0.4, 0.5) is 19.4 Å². The van der Waals surface area contributed by atoms with Gasteiger partial charge in [0.1, 0.15) is 5.25 Å². The first-order valence-corrected chi connectivity index (χ1v) is 8.25. The van der Waals surface area contributed by atoms with Crippen LogP contribution in [-0.2, 0) is 9.53 Å². The molecule has 0 spiro atoms. The normalized spacial score (nSPS) is 19.6. The number of halogens is 6. The second-order valence-corrected chi connectivity index (χ2v) is 7.59. The minimum absolute atomic E-state index is 0.00384. The first-order valence-electron chi connectivity index (χ1n) is 5.32. The average Bonchev–Trinajstić information content (AvgIpc) is 2.06. The summed E-state index contributed by atoms with van der Waals surface area (Å²) < 4.78 is 68.1. The maximum atomic E-state index is 12.8. The average molecular weight is 363 g/mol. The summed E-state index contributed by atoms with van der Waals surface area (Å²) in [6.45, 7) is 2.61. The fourth-order valence-electron chi connectivity index (χ4n) is 1.39. The summed E-state index contributed by atoms with van der Waals surface area (Å²) in [7, 11) is -9.70. The lowest BCUT2D eigenvalue weighted by Crippen LogP contribution is -2.36. The topological polar surface area (TPSA) is 26.3 Å². The lowest BCUT2D eigenvalue weighted by Gasteiger charge is -2.48. The number of unbranched alkanes of at least 4 members (excludes halogenated alkanes) is 2. The zero-order valence-corrected chi connectivity index (χ0v) is 12.4. The van der Waals surface area contributed by atoms with Crippen LogP contribution in [0.5, 0.6) is 0 Å². The molecule has 0 bridgehead atoms. The third kappa shape index (κ3) is 6.77. The fourth-order valence-corrected chi connectivity index (χ4v) is 4.21. The number of hydrogen-bond donors (Lipinski definition) is 0. The molecule has 0 heterocycles. The van der Waals surface area contributed by atoms with Gasteiger partial charge in [0.25, 0.3) is 10.2 Å². The summed E-state index contributed by atoms with van der Waals surface area (Å²) in [6, 6.07) is 0. The fraction of sp³-hybridized carbons (Fsp3) is 0.889. The highest BCUT2D eigenvalue weighted by Crippen LogP contribution is 3.01. The van der Waals surface area contributed by atoms with Gasteiger partial charge in [-0.05, 0) is 22.4 Å². The summed E-state index contributed by atoms with van der Waals surface area (Å²) in [5.74, 6) is -1.04. The Bertz CT molecular complexity index is 304. The van der Waals surface area contributed by atoms with Gasteiger partial charge in [0, 0.05) is 6.92 Å². The molecular weight excluding hydrogens is 347 g/mol. The van der Waals surface area contributed by atoms with Crippen molar-refractivity contribution in [1.29, 1.82) is 0 Å². The van der Waals surface area contributed by atoms with Crippen molar-refractivity contribution < 1.29 is 29.0 Å². The maximum Gasteiger partial charge on any atom is 0.303 e. The molecule has 0 saturated carbocycles. The Kier molecular flexibility index (Phi) is 5.13. The molecule has 0 aliphatic rings. The number of carbonyl (C=O) groups is 1. The second kappa shape index (κ2) is 5.15. The number of alkyl halides is 1. The Labute approximate surface area is 111 Å². The first kappa shape index (κ1) is 17.9. The van der Waals surface area contributed by atoms with Crippen molar-refractivity contribution in [3.8, 4) is 0 Å². The van der Waals surface area contributed by atoms with Gasteiger partial charge in [0.15, 0.2) is 5.01 Å². The van der Waals surface area contributed by atoms with Gasteiger partial charge in [-0.25, -0.2) is 0 Å². The highest BCUT2D eigenvalue weighted by molar-refractivity contribution is 9.09. The zero-order chi connectivity index (χ0) is 14.7. The van der Waals surface area contributed by atoms with Crippen molar-refractivity contribution >= 4 is 32.1 Å². The van der Waals surface area contributed by atoms with Gasteiger partial charge >= 0.3 is 5.97 Å². The molecule has 9 heteroatoms. The Hall–Kier alpha value is -0.0500. The van der Waals surface area contributed by atoms with Gasteiger partial charge in [0.2, 0.25) is 0 Å². The van der Waals surface area contributed by atoms with Crippen LogP contribution in [0.25, 0.3) is 0 Å². The van der Waals surface area contributed by atoms with E-state index >= 15 is 0 Å². The van der Waals surface area contributed by atoms with E-state index < -0.39 is 32.9 Å². The molecule has 0 aliphatic heterocycles. The van der Waals surface area contributed by atoms with Gasteiger partial charge in [-0.15, -0.1) is 0 Å². The molecule has 2 nitrogen and oxygen atoms in total. The molecule has 2 atom stereocenters. The van der Waals surface area contributed by atoms with Gasteiger partial charge in [-0.1, -0.05) is 45.6 Å². The predicted molar refractivity (Wildman–Crippen MR) is 65.5 cm³/mol. The van der Waals surface area contributed by atoms with E-state index in [0.717, 1.165) is 6.92 Å². The van der Waals surface area contributed by atoms with Gasteiger partial charge < -0.3 is 4.74 Å². The number of hydrogen-bond acceptors (Lipinski definition) is 2. The Morgan fingerprint density at radius 1 is 1.22 bits per heavy atom. The molecule has 0 aromatic rings. The van der Waals surface area contributed by atoms with E-state index in [1.165, 1.54) is 0 Å². The molecule has 0 aromatic carbocycles. The van der Waals surface area contributed by atoms with E-state index in [4.69, 9.17) is 0 Å². The third-order valence-corrected chi connectivity index (χ3v) is 5.04. The summed E-state index contributed by atoms with van der Waals surface area (Å²) >= 11 is 2.39. The molecule has 0 aliphatic carbocycles. The Balaban J connectivity index is 5.02. The Morgan fingerprint density at radius 3 is 2.06 bits per heavy atom. The number of ether oxygens (including phenoxy) is 1. The standard InChI is InChI=1S/C9H16BrF5O2S/c1-3-4-5-6-8(9(10)17-7(2)16)18(11,12,13,14)15/h8-9H,3-6H2,1-2H3. The van der Waals surface area contributed by atoms with E-state index in [1.807, 2.05) is 0 Å². The molecule has 0 amide bonds. The molecule has 18 heavy (non-hydrogen) atoms. The summed E-state index contributed by atoms with van der Waals surface area (Å²) in [4.78, 5) is 10.6. The number of esters is 1. The van der Waals surface area contributed by atoms with E-state index in [-0.39, 0.29) is 6.42 Å². The first-order chi connectivity index (χ1) is 7.77. The smallest absolute Gasteiger partial charge is 0.303 e. The molecule has 112 valence electrons. The van der Waals surface area contributed by atoms with Crippen LogP contribution in [0.3, 0.4) is 0 Å². The number of rotatable bonds is 7. The van der Waals surface area contributed by atoms with Gasteiger partial charge in [0.05, 0.1) is 0 Å². The van der Waals surface area contributed by atoms with E-state index in [1.54, 1.807) is 6.92 Å². The van der Waals surface area contributed by atoms with Crippen molar-refractivity contribution in [3.63, 3.8) is 0 Å². The molecule has 0 rings (SSSR count). The second-order valence-electron chi connectivity index (χ2n) is 4.02. The van der Waals surface area contributed by atoms with Crippen molar-refractivity contribution in [2.75, 3.05) is 0 Å². The SMILES string of the molecule is CCCCCC(C(Br)OC(C)=O)S(F)(F)(F)(F)F. The van der Waals surface area contributed by atoms with Crippen LogP contribution in [-0.4, -0.2) is 16.2 Å². The zero-order valence-electron chi connectivity index (χ0n) is 9.98. The molecule has 0 fully saturated rings. The van der Waals surface area contributed by atoms with Crippen LogP contribution in [0, 0.1) is 0 Å². The van der Waals surface area contributed by atoms with Crippen molar-refractivity contribution in [2.24, 2.45) is 0 Å². The molecule has 0 aromatic heterocycles. The lowest BCUT2D eigenvalue weighted by atomic mass is 10.1. The molecular formula is C9H16BrF5O2S. The largest absolute Gasteiger partial charge is 0.449 e. The molecule has 0 radical (unpaired) electrons. The van der Waals surface area contributed by atoms with E-state index in [2.05, 4.69) is 20.7 Å². The molecule has 0 saturated heterocycles. The molecule has 2 unspecified atom stereocenters. The van der Waals surface area contributed by atoms with Crippen molar-refractivity contribution in [3.05, 3.63) is 0 Å². The maximum absolute atomic E-state index is 12.8. The summed E-state index contributed by atoms with van der Waals surface area (Å²) in [5.41, 5.74) is 0. The predicted octanol–water partition coefficient (Wildman–Crippen LogP) is 5.52. The van der Waals surface area contributed by atoms with Gasteiger partial charge in [-0.3, -0.25) is 4.79 Å². The van der Waals surface area contributed by atoms with E-state index in [0.29, 0.717) is 12.8 Å². The Morgan fingerprint density at radius 2 is 1.72 bits per heavy atom. The van der Waals surface area contributed by atoms with Gasteiger partial charge in [-0.2, -0.15) is 0 Å². The third-order valence-electron chi connectivity index (χ3n) is 2.24. The summed E-state index contributed by atoms with van der Waals surface area (Å²) in [5, 5.41) is -5.01. The van der Waals surface area contributed by atoms with Crippen LogP contribution in [0.1, 0.15) is 39.5 Å². The lowest BCUT2D eigenvalue weighted by molar-refractivity contribution is -0.142. The van der Waals surface area contributed by atoms with Crippen molar-refractivity contribution in [2.45, 2.75) is 49.8 Å². The minimum atomic E-state index is -9.70. The van der Waals surface area contributed by atoms with Crippen molar-refractivity contribution in [1.82, 2.24) is 0 Å². The quantitative estimate of drug-likeness (QED) is 0.258. The molecule has 0 N–H and O–H groups in total. The van der Waals surface area contributed by atoms with Crippen LogP contribution in [0.2, 0.25) is 0 Å². The van der Waals surface area contributed by atoms with Crippen LogP contribution >= 0.6 is 26.2 Å². The number of carbonyl (C=O) groups excluding carboxylic acids is 1. The highest BCUT2D eigenvalue weighted by Gasteiger charge is 2.72. The minimum Gasteiger partial charge on any atom is -0.449 e. The van der Waals surface area contributed by atoms with Crippen LogP contribution < -0.4 is 0 Å². The highest BCUT2D eigenvalue weighted by atomic mass is 79.9.